The van der Waals surface area contributed by atoms with E-state index in [1.54, 1.807) is 12.1 Å². The van der Waals surface area contributed by atoms with Crippen molar-refractivity contribution in [2.45, 2.75) is 0 Å². The van der Waals surface area contributed by atoms with E-state index in [4.69, 9.17) is 16.3 Å². The zero-order valence-corrected chi connectivity index (χ0v) is 11.1. The van der Waals surface area contributed by atoms with Gasteiger partial charge in [0.15, 0.2) is 0 Å². The average Bonchev–Trinajstić information content (AvgIpc) is 2.78. The number of nitrogens with one attached hydrogen (secondary N) is 1. The molecule has 7 heteroatoms. The molecule has 18 heavy (non-hydrogen) atoms. The van der Waals surface area contributed by atoms with Crippen molar-refractivity contribution in [3.8, 4) is 10.6 Å². The van der Waals surface area contributed by atoms with Crippen LogP contribution in [-0.2, 0) is 9.53 Å². The summed E-state index contributed by atoms with van der Waals surface area (Å²) in [6.07, 6.45) is 0. The molecule has 94 valence electrons. The van der Waals surface area contributed by atoms with Crippen molar-refractivity contribution < 1.29 is 9.53 Å². The number of methoxy groups -OCH3 is 1. The Labute approximate surface area is 113 Å². The van der Waals surface area contributed by atoms with Crippen LogP contribution in [0.5, 0.6) is 0 Å². The predicted molar refractivity (Wildman–Crippen MR) is 70.9 cm³/mol. The summed E-state index contributed by atoms with van der Waals surface area (Å²) in [4.78, 5) is 11.3. The molecular weight excluding hydrogens is 274 g/mol. The second-order valence-corrected chi connectivity index (χ2v) is 4.81. The second-order valence-electron chi connectivity index (χ2n) is 3.40. The van der Waals surface area contributed by atoms with Gasteiger partial charge in [-0.15, -0.1) is 10.2 Å². The number of hydrogen-bond donors (Lipinski definition) is 1. The van der Waals surface area contributed by atoms with Gasteiger partial charge in [0.05, 0.1) is 0 Å². The fourth-order valence-corrected chi connectivity index (χ4v) is 2.16. The molecule has 0 aliphatic heterocycles. The maximum absolute atomic E-state index is 11.3. The molecule has 0 atom stereocenters. The molecule has 0 bridgehead atoms. The van der Waals surface area contributed by atoms with Crippen molar-refractivity contribution in [2.75, 3.05) is 19.0 Å². The summed E-state index contributed by atoms with van der Waals surface area (Å²) in [5, 5.41) is 12.3. The van der Waals surface area contributed by atoms with Crippen molar-refractivity contribution in [1.29, 1.82) is 0 Å². The molecule has 1 aromatic heterocycles. The highest BCUT2D eigenvalue weighted by atomic mass is 35.5. The Balaban J connectivity index is 2.10. The third-order valence-corrected chi connectivity index (χ3v) is 3.18. The van der Waals surface area contributed by atoms with Crippen LogP contribution in [0.15, 0.2) is 24.3 Å². The van der Waals surface area contributed by atoms with Gasteiger partial charge in [0.1, 0.15) is 11.6 Å². The van der Waals surface area contributed by atoms with Crippen LogP contribution >= 0.6 is 22.9 Å². The quantitative estimate of drug-likeness (QED) is 0.936. The van der Waals surface area contributed by atoms with Crippen LogP contribution in [0, 0.1) is 0 Å². The van der Waals surface area contributed by atoms with Crippen molar-refractivity contribution in [3.05, 3.63) is 29.3 Å². The fourth-order valence-electron chi connectivity index (χ4n) is 1.27. The Morgan fingerprint density at radius 1 is 1.39 bits per heavy atom. The monoisotopic (exact) mass is 283 g/mol. The molecule has 0 fully saturated rings. The van der Waals surface area contributed by atoms with Crippen molar-refractivity contribution >= 4 is 34.0 Å². The maximum atomic E-state index is 11.3. The fraction of sp³-hybridized carbons (Fsp3) is 0.182. The number of rotatable bonds is 4. The number of amides is 1. The molecule has 0 saturated carbocycles. The molecular formula is C11H10ClN3O2S. The first-order valence-corrected chi connectivity index (χ1v) is 6.26. The molecule has 0 radical (unpaired) electrons. The Morgan fingerprint density at radius 3 is 2.78 bits per heavy atom. The van der Waals surface area contributed by atoms with Crippen LogP contribution in [0.1, 0.15) is 0 Å². The highest BCUT2D eigenvalue weighted by molar-refractivity contribution is 7.18. The lowest BCUT2D eigenvalue weighted by molar-refractivity contribution is -0.119. The Kier molecular flexibility index (Phi) is 4.24. The first-order valence-electron chi connectivity index (χ1n) is 5.07. The normalized spacial score (nSPS) is 10.3. The van der Waals surface area contributed by atoms with E-state index < -0.39 is 0 Å². The van der Waals surface area contributed by atoms with Crippen LogP contribution in [0.25, 0.3) is 10.6 Å². The minimum absolute atomic E-state index is 0.00411. The van der Waals surface area contributed by atoms with Gasteiger partial charge in [-0.2, -0.15) is 0 Å². The second kappa shape index (κ2) is 5.90. The zero-order chi connectivity index (χ0) is 13.0. The summed E-state index contributed by atoms with van der Waals surface area (Å²) < 4.78 is 4.71. The summed E-state index contributed by atoms with van der Waals surface area (Å²) >= 11 is 7.10. The van der Waals surface area contributed by atoms with Gasteiger partial charge in [-0.1, -0.05) is 35.1 Å². The molecule has 0 saturated heterocycles. The van der Waals surface area contributed by atoms with E-state index >= 15 is 0 Å². The number of hydrogen-bond acceptors (Lipinski definition) is 5. The summed E-state index contributed by atoms with van der Waals surface area (Å²) in [6, 6.07) is 7.26. The largest absolute Gasteiger partial charge is 0.375 e. The van der Waals surface area contributed by atoms with E-state index in [9.17, 15) is 4.79 Å². The van der Waals surface area contributed by atoms with Crippen LogP contribution < -0.4 is 5.32 Å². The first-order chi connectivity index (χ1) is 8.69. The smallest absolute Gasteiger partial charge is 0.252 e. The molecule has 1 amide bonds. The van der Waals surface area contributed by atoms with Crippen LogP contribution in [0.3, 0.4) is 0 Å². The van der Waals surface area contributed by atoms with Crippen molar-refractivity contribution in [3.63, 3.8) is 0 Å². The van der Waals surface area contributed by atoms with Gasteiger partial charge in [0.25, 0.3) is 5.91 Å². The van der Waals surface area contributed by atoms with Gasteiger partial charge in [-0.05, 0) is 12.1 Å². The van der Waals surface area contributed by atoms with Gasteiger partial charge >= 0.3 is 0 Å². The molecule has 0 unspecified atom stereocenters. The minimum atomic E-state index is -0.253. The van der Waals surface area contributed by atoms with E-state index in [1.165, 1.54) is 18.4 Å². The van der Waals surface area contributed by atoms with Crippen LogP contribution in [0.4, 0.5) is 5.13 Å². The average molecular weight is 284 g/mol. The third kappa shape index (κ3) is 3.25. The lowest BCUT2D eigenvalue weighted by Crippen LogP contribution is -2.16. The molecule has 0 spiro atoms. The number of anilines is 1. The van der Waals surface area contributed by atoms with Gasteiger partial charge in [-0.3, -0.25) is 10.1 Å². The lowest BCUT2D eigenvalue weighted by Gasteiger charge is -1.97. The van der Waals surface area contributed by atoms with Gasteiger partial charge < -0.3 is 4.74 Å². The topological polar surface area (TPSA) is 64.1 Å². The minimum Gasteiger partial charge on any atom is -0.375 e. The van der Waals surface area contributed by atoms with Gasteiger partial charge in [0, 0.05) is 17.7 Å². The third-order valence-electron chi connectivity index (χ3n) is 2.04. The number of nitrogens with zero attached hydrogens (tertiary/aromatic N) is 2. The van der Waals surface area contributed by atoms with Crippen LogP contribution in [0.2, 0.25) is 5.02 Å². The Hall–Kier alpha value is -1.50. The summed E-state index contributed by atoms with van der Waals surface area (Å²) in [6.45, 7) is -0.00411. The molecule has 1 aromatic carbocycles. The Morgan fingerprint density at radius 2 is 2.11 bits per heavy atom. The van der Waals surface area contributed by atoms with E-state index in [0.717, 1.165) is 10.6 Å². The van der Waals surface area contributed by atoms with Gasteiger partial charge in [-0.25, -0.2) is 0 Å². The standard InChI is InChI=1S/C11H10ClN3O2S/c1-17-6-9(16)13-11-15-14-10(18-11)7-2-4-8(12)5-3-7/h2-5H,6H2,1H3,(H,13,15,16). The Bertz CT molecular complexity index is 541. The maximum Gasteiger partial charge on any atom is 0.252 e. The number of carbonyl (C=O) groups excluding carboxylic acids is 1. The molecule has 1 N–H and O–H groups in total. The summed E-state index contributed by atoms with van der Waals surface area (Å²) in [7, 11) is 1.46. The summed E-state index contributed by atoms with van der Waals surface area (Å²) in [5.74, 6) is -0.253. The SMILES string of the molecule is COCC(=O)Nc1nnc(-c2ccc(Cl)cc2)s1. The molecule has 0 aliphatic rings. The molecule has 2 rings (SSSR count). The lowest BCUT2D eigenvalue weighted by atomic mass is 10.2. The number of aromatic nitrogens is 2. The van der Waals surface area contributed by atoms with Gasteiger partial charge in [0.2, 0.25) is 5.13 Å². The number of halogens is 1. The number of benzene rings is 1. The highest BCUT2D eigenvalue weighted by Gasteiger charge is 2.09. The van der Waals surface area contributed by atoms with E-state index in [1.807, 2.05) is 12.1 Å². The number of ether oxygens (including phenoxy) is 1. The summed E-state index contributed by atoms with van der Waals surface area (Å²) in [5.41, 5.74) is 0.907. The zero-order valence-electron chi connectivity index (χ0n) is 9.51. The van der Waals surface area contributed by atoms with Crippen molar-refractivity contribution in [1.82, 2.24) is 10.2 Å². The number of carbonyl (C=O) groups is 1. The molecule has 5 nitrogen and oxygen atoms in total. The molecule has 2 aromatic rings. The van der Waals surface area contributed by atoms with Crippen LogP contribution in [-0.4, -0.2) is 29.8 Å². The predicted octanol–water partition coefficient (Wildman–Crippen LogP) is 2.44. The molecule has 1 heterocycles. The van der Waals surface area contributed by atoms with E-state index in [0.29, 0.717) is 10.2 Å². The van der Waals surface area contributed by atoms with E-state index in [-0.39, 0.29) is 12.5 Å². The van der Waals surface area contributed by atoms with Crippen molar-refractivity contribution in [2.24, 2.45) is 0 Å². The first kappa shape index (κ1) is 12.9. The molecule has 0 aliphatic carbocycles. The highest BCUT2D eigenvalue weighted by Crippen LogP contribution is 2.27. The van der Waals surface area contributed by atoms with E-state index in [2.05, 4.69) is 15.5 Å².